The third-order valence-electron chi connectivity index (χ3n) is 5.20. The maximum atomic E-state index is 12.7. The van der Waals surface area contributed by atoms with E-state index in [1.165, 1.54) is 18.7 Å². The number of likely N-dealkylation sites (tertiary alicyclic amines) is 2. The van der Waals surface area contributed by atoms with E-state index in [2.05, 4.69) is 11.9 Å². The van der Waals surface area contributed by atoms with Gasteiger partial charge in [-0.05, 0) is 37.7 Å². The van der Waals surface area contributed by atoms with Crippen molar-refractivity contribution in [3.05, 3.63) is 33.2 Å². The van der Waals surface area contributed by atoms with Crippen molar-refractivity contribution in [3.8, 4) is 0 Å². The number of amides is 2. The second-order valence-electron chi connectivity index (χ2n) is 7.16. The van der Waals surface area contributed by atoms with Crippen molar-refractivity contribution in [1.82, 2.24) is 14.8 Å². The number of nitrogens with zero attached hydrogens (tertiary/aromatic N) is 2. The zero-order valence-corrected chi connectivity index (χ0v) is 15.2. The quantitative estimate of drug-likeness (QED) is 0.872. The normalized spacial score (nSPS) is 22.1. The minimum absolute atomic E-state index is 0.00789. The highest BCUT2D eigenvalue weighted by molar-refractivity contribution is 6.30. The third kappa shape index (κ3) is 4.06. The Morgan fingerprint density at radius 1 is 1.16 bits per heavy atom. The van der Waals surface area contributed by atoms with Crippen molar-refractivity contribution >= 4 is 23.4 Å². The summed E-state index contributed by atoms with van der Waals surface area (Å²) >= 11 is 5.79. The predicted molar refractivity (Wildman–Crippen MR) is 95.7 cm³/mol. The minimum atomic E-state index is -0.404. The van der Waals surface area contributed by atoms with Gasteiger partial charge in [0.25, 0.3) is 11.5 Å². The molecule has 1 aromatic rings. The zero-order valence-electron chi connectivity index (χ0n) is 14.5. The number of piperidine rings is 2. The van der Waals surface area contributed by atoms with Gasteiger partial charge in [0.05, 0.1) is 5.56 Å². The number of halogens is 1. The lowest BCUT2D eigenvalue weighted by Crippen LogP contribution is -2.47. The molecule has 0 aromatic carbocycles. The van der Waals surface area contributed by atoms with Crippen LogP contribution in [0.3, 0.4) is 0 Å². The summed E-state index contributed by atoms with van der Waals surface area (Å²) in [7, 11) is 0. The lowest BCUT2D eigenvalue weighted by Gasteiger charge is -2.37. The van der Waals surface area contributed by atoms with Crippen LogP contribution in [0.25, 0.3) is 0 Å². The lowest BCUT2D eigenvalue weighted by atomic mass is 9.92. The molecule has 3 rings (SSSR count). The summed E-state index contributed by atoms with van der Waals surface area (Å²) in [6.45, 7) is 5.01. The van der Waals surface area contributed by atoms with Crippen molar-refractivity contribution in [2.75, 3.05) is 26.2 Å². The van der Waals surface area contributed by atoms with Crippen LogP contribution in [0.2, 0.25) is 5.02 Å². The molecule has 0 aliphatic carbocycles. The fourth-order valence-corrected chi connectivity index (χ4v) is 3.91. The van der Waals surface area contributed by atoms with Gasteiger partial charge >= 0.3 is 0 Å². The van der Waals surface area contributed by atoms with E-state index in [9.17, 15) is 14.4 Å². The Morgan fingerprint density at radius 3 is 2.52 bits per heavy atom. The van der Waals surface area contributed by atoms with Crippen molar-refractivity contribution in [1.29, 1.82) is 0 Å². The number of hydrogen-bond donors (Lipinski definition) is 1. The number of hydrogen-bond acceptors (Lipinski definition) is 3. The number of carbonyl (C=O) groups excluding carboxylic acids is 2. The molecule has 3 heterocycles. The van der Waals surface area contributed by atoms with Crippen molar-refractivity contribution in [2.24, 2.45) is 11.8 Å². The molecule has 0 spiro atoms. The molecule has 2 aliphatic heterocycles. The minimum Gasteiger partial charge on any atom is -0.342 e. The fourth-order valence-electron chi connectivity index (χ4n) is 3.74. The van der Waals surface area contributed by atoms with Crippen LogP contribution in [0.5, 0.6) is 0 Å². The summed E-state index contributed by atoms with van der Waals surface area (Å²) in [5.41, 5.74) is -0.0301. The van der Waals surface area contributed by atoms with Crippen LogP contribution in [-0.2, 0) is 4.79 Å². The monoisotopic (exact) mass is 365 g/mol. The van der Waals surface area contributed by atoms with Crippen LogP contribution in [0.1, 0.15) is 43.0 Å². The summed E-state index contributed by atoms with van der Waals surface area (Å²) < 4.78 is 0. The molecule has 2 aliphatic rings. The highest BCUT2D eigenvalue weighted by Crippen LogP contribution is 2.24. The molecule has 1 aromatic heterocycles. The SMILES string of the molecule is C[C@@H]1CCCN(C(=O)C2CCN(C(=O)c3c[nH]c(=O)c(Cl)c3)CC2)C1. The van der Waals surface area contributed by atoms with Crippen LogP contribution in [0, 0.1) is 11.8 Å². The van der Waals surface area contributed by atoms with Crippen molar-refractivity contribution in [3.63, 3.8) is 0 Å². The lowest BCUT2D eigenvalue weighted by molar-refractivity contribution is -0.138. The Balaban J connectivity index is 1.57. The molecule has 136 valence electrons. The van der Waals surface area contributed by atoms with Gasteiger partial charge in [0, 0.05) is 38.3 Å². The smallest absolute Gasteiger partial charge is 0.266 e. The molecule has 7 heteroatoms. The number of carbonyl (C=O) groups is 2. The second kappa shape index (κ2) is 7.60. The molecule has 2 fully saturated rings. The molecular weight excluding hydrogens is 342 g/mol. The maximum absolute atomic E-state index is 12.7. The van der Waals surface area contributed by atoms with Gasteiger partial charge in [-0.3, -0.25) is 14.4 Å². The Hall–Kier alpha value is -1.82. The number of aromatic nitrogens is 1. The fraction of sp³-hybridized carbons (Fsp3) is 0.611. The summed E-state index contributed by atoms with van der Waals surface area (Å²) in [5.74, 6) is 0.666. The molecule has 2 saturated heterocycles. The average Bonchev–Trinajstić information content (AvgIpc) is 2.63. The largest absolute Gasteiger partial charge is 0.342 e. The molecule has 0 unspecified atom stereocenters. The summed E-state index contributed by atoms with van der Waals surface area (Å²) in [4.78, 5) is 42.7. The molecule has 2 amide bonds. The van der Waals surface area contributed by atoms with Gasteiger partial charge in [-0.15, -0.1) is 0 Å². The van der Waals surface area contributed by atoms with Gasteiger partial charge in [0.15, 0.2) is 0 Å². The number of H-pyrrole nitrogens is 1. The summed E-state index contributed by atoms with van der Waals surface area (Å²) in [5, 5.41) is 0.00938. The van der Waals surface area contributed by atoms with E-state index < -0.39 is 5.56 Å². The van der Waals surface area contributed by atoms with Crippen LogP contribution >= 0.6 is 11.6 Å². The predicted octanol–water partition coefficient (Wildman–Crippen LogP) is 2.14. The van der Waals surface area contributed by atoms with E-state index >= 15 is 0 Å². The first-order valence-electron chi connectivity index (χ1n) is 8.92. The standard InChI is InChI=1S/C18H24ClN3O3/c1-12-3-2-6-22(11-12)17(24)13-4-7-21(8-5-13)18(25)14-9-15(19)16(23)20-10-14/h9-10,12-13H,2-8,11H2,1H3,(H,20,23)/t12-/m1/s1. The van der Waals surface area contributed by atoms with Gasteiger partial charge in [-0.25, -0.2) is 0 Å². The molecule has 1 N–H and O–H groups in total. The highest BCUT2D eigenvalue weighted by Gasteiger charge is 2.32. The van der Waals surface area contributed by atoms with E-state index in [1.54, 1.807) is 4.90 Å². The Kier molecular flexibility index (Phi) is 5.47. The van der Waals surface area contributed by atoms with Gasteiger partial charge in [0.2, 0.25) is 5.91 Å². The average molecular weight is 366 g/mol. The number of rotatable bonds is 2. The Morgan fingerprint density at radius 2 is 1.88 bits per heavy atom. The maximum Gasteiger partial charge on any atom is 0.266 e. The van der Waals surface area contributed by atoms with Crippen LogP contribution in [-0.4, -0.2) is 52.8 Å². The van der Waals surface area contributed by atoms with E-state index in [1.807, 2.05) is 4.90 Å². The Labute approximate surface area is 152 Å². The molecule has 6 nitrogen and oxygen atoms in total. The van der Waals surface area contributed by atoms with Gasteiger partial charge < -0.3 is 14.8 Å². The van der Waals surface area contributed by atoms with Gasteiger partial charge in [0.1, 0.15) is 5.02 Å². The van der Waals surface area contributed by atoms with Crippen molar-refractivity contribution in [2.45, 2.75) is 32.6 Å². The first-order valence-corrected chi connectivity index (χ1v) is 9.30. The van der Waals surface area contributed by atoms with E-state index in [4.69, 9.17) is 11.6 Å². The first kappa shape index (κ1) is 18.0. The van der Waals surface area contributed by atoms with E-state index in [0.29, 0.717) is 37.4 Å². The van der Waals surface area contributed by atoms with Crippen molar-refractivity contribution < 1.29 is 9.59 Å². The molecule has 0 saturated carbocycles. The highest BCUT2D eigenvalue weighted by atomic mass is 35.5. The topological polar surface area (TPSA) is 73.5 Å². The van der Waals surface area contributed by atoms with Crippen LogP contribution in [0.4, 0.5) is 0 Å². The van der Waals surface area contributed by atoms with Crippen LogP contribution < -0.4 is 5.56 Å². The Bertz CT molecular complexity index is 710. The molecule has 1 atom stereocenters. The first-order chi connectivity index (χ1) is 12.0. The van der Waals surface area contributed by atoms with Gasteiger partial charge in [-0.1, -0.05) is 18.5 Å². The van der Waals surface area contributed by atoms with Crippen LogP contribution in [0.15, 0.2) is 17.1 Å². The third-order valence-corrected chi connectivity index (χ3v) is 5.49. The number of pyridine rings is 1. The zero-order chi connectivity index (χ0) is 18.0. The van der Waals surface area contributed by atoms with E-state index in [0.717, 1.165) is 19.5 Å². The summed E-state index contributed by atoms with van der Waals surface area (Å²) in [6.07, 6.45) is 5.04. The number of aromatic amines is 1. The van der Waals surface area contributed by atoms with Gasteiger partial charge in [-0.2, -0.15) is 0 Å². The summed E-state index contributed by atoms with van der Waals surface area (Å²) in [6, 6.07) is 1.40. The molecule has 25 heavy (non-hydrogen) atoms. The molecule has 0 bridgehead atoms. The second-order valence-corrected chi connectivity index (χ2v) is 7.57. The molecule has 0 radical (unpaired) electrons. The number of nitrogens with one attached hydrogen (secondary N) is 1. The van der Waals surface area contributed by atoms with E-state index in [-0.39, 0.29) is 22.8 Å². The molecular formula is C18H24ClN3O3.